The zero-order valence-electron chi connectivity index (χ0n) is 20.1. The number of ether oxygens (including phenoxy) is 1. The Morgan fingerprint density at radius 2 is 1.83 bits per heavy atom. The second-order valence-electron chi connectivity index (χ2n) is 9.04. The van der Waals surface area contributed by atoms with Crippen molar-refractivity contribution in [3.05, 3.63) is 63.3 Å². The van der Waals surface area contributed by atoms with Gasteiger partial charge in [-0.25, -0.2) is 4.79 Å². The fraction of sp³-hybridized carbons (Fsp3) is 0.400. The van der Waals surface area contributed by atoms with Gasteiger partial charge in [-0.3, -0.25) is 19.2 Å². The largest absolute Gasteiger partial charge is 0.491 e. The summed E-state index contributed by atoms with van der Waals surface area (Å²) < 4.78 is 8.84. The van der Waals surface area contributed by atoms with Crippen LogP contribution in [-0.4, -0.2) is 86.3 Å². The minimum Gasteiger partial charge on any atom is -0.491 e. The Bertz CT molecular complexity index is 1480. The van der Waals surface area contributed by atoms with E-state index in [-0.39, 0.29) is 30.9 Å². The molecule has 1 aliphatic rings. The van der Waals surface area contributed by atoms with E-state index < -0.39 is 17.4 Å². The first-order valence-electron chi connectivity index (χ1n) is 12.0. The van der Waals surface area contributed by atoms with Gasteiger partial charge in [0.1, 0.15) is 18.5 Å². The van der Waals surface area contributed by atoms with Crippen LogP contribution in [0, 0.1) is 0 Å². The maximum Gasteiger partial charge on any atom is 0.329 e. The van der Waals surface area contributed by atoms with E-state index in [1.807, 2.05) is 47.4 Å². The van der Waals surface area contributed by atoms with Crippen molar-refractivity contribution in [3.8, 4) is 5.75 Å². The maximum absolute atomic E-state index is 12.8. The van der Waals surface area contributed by atoms with Gasteiger partial charge in [-0.2, -0.15) is 4.98 Å². The van der Waals surface area contributed by atoms with E-state index in [1.165, 1.54) is 4.57 Å². The van der Waals surface area contributed by atoms with Crippen LogP contribution in [0.3, 0.4) is 0 Å². The zero-order chi connectivity index (χ0) is 25.2. The number of fused-ring (bicyclic) bond motifs is 2. The molecule has 1 atom stereocenters. The first kappa shape index (κ1) is 24.0. The Balaban J connectivity index is 1.40. The molecule has 0 radical (unpaired) electrons. The van der Waals surface area contributed by atoms with Gasteiger partial charge in [0, 0.05) is 39.8 Å². The molecule has 0 aliphatic carbocycles. The fourth-order valence-electron chi connectivity index (χ4n) is 4.66. The predicted octanol–water partition coefficient (Wildman–Crippen LogP) is 0.131. The number of hydrogen-bond donors (Lipinski definition) is 3. The lowest BCUT2D eigenvalue weighted by Crippen LogP contribution is -2.48. The third-order valence-electron chi connectivity index (χ3n) is 6.61. The normalized spacial score (nSPS) is 15.6. The molecule has 3 heterocycles. The van der Waals surface area contributed by atoms with E-state index in [1.54, 1.807) is 11.6 Å². The van der Waals surface area contributed by atoms with Gasteiger partial charge in [0.2, 0.25) is 5.95 Å². The molecule has 3 N–H and O–H groups in total. The fourth-order valence-corrected chi connectivity index (χ4v) is 4.66. The minimum absolute atomic E-state index is 0.0192. The monoisotopic (exact) mass is 494 g/mol. The number of β-amino-alcohol motifs (C(OH)–C–C–N with tert-alkyl or cyclic N) is 1. The van der Waals surface area contributed by atoms with Crippen LogP contribution < -0.4 is 20.9 Å². The molecule has 0 saturated carbocycles. The van der Waals surface area contributed by atoms with Crippen LogP contribution >= 0.6 is 0 Å². The molecule has 1 saturated heterocycles. The van der Waals surface area contributed by atoms with Gasteiger partial charge < -0.3 is 24.4 Å². The Kier molecular flexibility index (Phi) is 6.77. The number of H-pyrrole nitrogens is 1. The Morgan fingerprint density at radius 1 is 1.08 bits per heavy atom. The van der Waals surface area contributed by atoms with Gasteiger partial charge in [-0.15, -0.1) is 0 Å². The number of imidazole rings is 1. The molecule has 190 valence electrons. The molecular weight excluding hydrogens is 464 g/mol. The number of nitrogens with one attached hydrogen (secondary N) is 1. The molecule has 1 fully saturated rings. The highest BCUT2D eigenvalue weighted by Crippen LogP contribution is 2.23. The summed E-state index contributed by atoms with van der Waals surface area (Å²) in [5.41, 5.74) is -0.598. The average molecular weight is 495 g/mol. The van der Waals surface area contributed by atoms with Crippen molar-refractivity contribution in [2.24, 2.45) is 7.05 Å². The first-order chi connectivity index (χ1) is 17.4. The van der Waals surface area contributed by atoms with Gasteiger partial charge >= 0.3 is 5.69 Å². The van der Waals surface area contributed by atoms with Crippen molar-refractivity contribution < 1.29 is 14.9 Å². The molecule has 5 rings (SSSR count). The van der Waals surface area contributed by atoms with E-state index in [0.717, 1.165) is 23.9 Å². The van der Waals surface area contributed by atoms with Crippen LogP contribution in [0.15, 0.2) is 52.1 Å². The number of aliphatic hydroxyl groups excluding tert-OH is 2. The Hall–Kier alpha value is -3.67. The molecule has 2 aromatic carbocycles. The van der Waals surface area contributed by atoms with Crippen LogP contribution in [0.5, 0.6) is 5.75 Å². The highest BCUT2D eigenvalue weighted by atomic mass is 16.5. The summed E-state index contributed by atoms with van der Waals surface area (Å²) in [4.78, 5) is 36.1. The first-order valence-corrected chi connectivity index (χ1v) is 12.0. The number of aryl methyl sites for hydroxylation is 1. The summed E-state index contributed by atoms with van der Waals surface area (Å²) >= 11 is 0. The SMILES string of the molecule is Cn1c(=O)[nH]c(=O)c2c1nc(N1CCN(CCO)CC1)n2C[C@H](O)COc1ccc2ccccc2c1. The van der Waals surface area contributed by atoms with E-state index >= 15 is 0 Å². The van der Waals surface area contributed by atoms with Crippen molar-refractivity contribution in [2.45, 2.75) is 12.6 Å². The summed E-state index contributed by atoms with van der Waals surface area (Å²) in [5.74, 6) is 1.16. The van der Waals surface area contributed by atoms with Crippen LogP contribution in [0.4, 0.5) is 5.95 Å². The molecule has 0 bridgehead atoms. The zero-order valence-corrected chi connectivity index (χ0v) is 20.1. The van der Waals surface area contributed by atoms with Gasteiger partial charge in [0.15, 0.2) is 11.2 Å². The van der Waals surface area contributed by atoms with E-state index in [4.69, 9.17) is 4.74 Å². The second-order valence-corrected chi connectivity index (χ2v) is 9.04. The third kappa shape index (κ3) is 4.72. The third-order valence-corrected chi connectivity index (χ3v) is 6.61. The van der Waals surface area contributed by atoms with Crippen molar-refractivity contribution in [3.63, 3.8) is 0 Å². The highest BCUT2D eigenvalue weighted by molar-refractivity contribution is 5.83. The number of rotatable bonds is 8. The number of hydrogen-bond acceptors (Lipinski definition) is 8. The quantitative estimate of drug-likeness (QED) is 0.315. The number of aromatic nitrogens is 4. The lowest BCUT2D eigenvalue weighted by Gasteiger charge is -2.35. The second kappa shape index (κ2) is 10.1. The molecule has 36 heavy (non-hydrogen) atoms. The van der Waals surface area contributed by atoms with Crippen molar-refractivity contribution in [1.82, 2.24) is 24.0 Å². The molecular formula is C25H30N6O5. The van der Waals surface area contributed by atoms with Crippen molar-refractivity contribution in [1.29, 1.82) is 0 Å². The lowest BCUT2D eigenvalue weighted by molar-refractivity contribution is 0.0935. The number of aromatic amines is 1. The molecule has 0 amide bonds. The smallest absolute Gasteiger partial charge is 0.329 e. The number of anilines is 1. The van der Waals surface area contributed by atoms with Gasteiger partial charge in [0.05, 0.1) is 13.2 Å². The van der Waals surface area contributed by atoms with Gasteiger partial charge in [0.25, 0.3) is 5.56 Å². The molecule has 2 aromatic heterocycles. The molecule has 4 aromatic rings. The van der Waals surface area contributed by atoms with Crippen molar-refractivity contribution in [2.75, 3.05) is 50.8 Å². The average Bonchev–Trinajstić information content (AvgIpc) is 3.26. The lowest BCUT2D eigenvalue weighted by atomic mass is 10.1. The van der Waals surface area contributed by atoms with Crippen LogP contribution in [0.2, 0.25) is 0 Å². The molecule has 11 nitrogen and oxygen atoms in total. The van der Waals surface area contributed by atoms with Gasteiger partial charge in [-0.05, 0) is 22.9 Å². The van der Waals surface area contributed by atoms with Gasteiger partial charge in [-0.1, -0.05) is 30.3 Å². The standard InChI is InChI=1S/C25H30N6O5/c1-28-22-21(23(34)27-25(28)35)31(24(26-22)30-10-8-29(9-11-30)12-13-32)15-19(33)16-36-20-7-6-17-4-2-3-5-18(17)14-20/h2-7,14,19,32-33H,8-13,15-16H2,1H3,(H,27,34,35)/t19-/m0/s1. The summed E-state index contributed by atoms with van der Waals surface area (Å²) in [6, 6.07) is 13.7. The Labute approximate surface area is 206 Å². The highest BCUT2D eigenvalue weighted by Gasteiger charge is 2.26. The minimum atomic E-state index is -0.931. The topological polar surface area (TPSA) is 129 Å². The summed E-state index contributed by atoms with van der Waals surface area (Å²) in [6.45, 7) is 3.52. The number of benzene rings is 2. The summed E-state index contributed by atoms with van der Waals surface area (Å²) in [5, 5.41) is 22.3. The molecule has 1 aliphatic heterocycles. The molecule has 0 unspecified atom stereocenters. The maximum atomic E-state index is 12.8. The van der Waals surface area contributed by atoms with Crippen molar-refractivity contribution >= 4 is 27.9 Å². The van der Waals surface area contributed by atoms with Crippen LogP contribution in [-0.2, 0) is 13.6 Å². The van der Waals surface area contributed by atoms with E-state index in [0.29, 0.717) is 31.3 Å². The number of aliphatic hydroxyl groups is 2. The summed E-state index contributed by atoms with van der Waals surface area (Å²) in [6.07, 6.45) is -0.931. The number of piperazine rings is 1. The van der Waals surface area contributed by atoms with Crippen LogP contribution in [0.1, 0.15) is 0 Å². The van der Waals surface area contributed by atoms with E-state index in [2.05, 4.69) is 14.9 Å². The summed E-state index contributed by atoms with van der Waals surface area (Å²) in [7, 11) is 1.56. The Morgan fingerprint density at radius 3 is 2.58 bits per heavy atom. The van der Waals surface area contributed by atoms with Crippen LogP contribution in [0.25, 0.3) is 21.9 Å². The molecule has 11 heteroatoms. The molecule has 0 spiro atoms. The predicted molar refractivity (Wildman–Crippen MR) is 137 cm³/mol. The van der Waals surface area contributed by atoms with E-state index in [9.17, 15) is 19.8 Å². The number of nitrogens with zero attached hydrogens (tertiary/aromatic N) is 5.